The number of urea groups is 1. The lowest BCUT2D eigenvalue weighted by Crippen LogP contribution is -2.21. The minimum atomic E-state index is -0.509. The highest BCUT2D eigenvalue weighted by atomic mass is 35.5. The third-order valence-electron chi connectivity index (χ3n) is 2.23. The smallest absolute Gasteiger partial charge is 0.308 e. The summed E-state index contributed by atoms with van der Waals surface area (Å²) < 4.78 is 0. The number of hydrogen-bond acceptors (Lipinski definition) is 3. The highest BCUT2D eigenvalue weighted by Gasteiger charge is 2.07. The Labute approximate surface area is 130 Å². The molecule has 0 radical (unpaired) electrons. The van der Waals surface area contributed by atoms with Gasteiger partial charge < -0.3 is 5.32 Å². The number of halogens is 3. The molecule has 0 unspecified atom stereocenters. The summed E-state index contributed by atoms with van der Waals surface area (Å²) in [4.78, 5) is 19.7. The lowest BCUT2D eigenvalue weighted by atomic mass is 10.3. The second-order valence-corrected chi connectivity index (χ2v) is 5.07. The van der Waals surface area contributed by atoms with Gasteiger partial charge in [-0.2, -0.15) is 0 Å². The molecule has 0 saturated heterocycles. The van der Waals surface area contributed by atoms with Crippen molar-refractivity contribution in [3.8, 4) is 0 Å². The first-order valence-corrected chi connectivity index (χ1v) is 6.61. The molecule has 5 nitrogen and oxygen atoms in total. The minimum Gasteiger partial charge on any atom is -0.308 e. The SMILES string of the molecule is Cc1cc(Cl)nc(NC(=O)Nc2ccc(Cl)c(Cl)c2)n1. The number of aryl methyl sites for hydroxylation is 1. The third-order valence-corrected chi connectivity index (χ3v) is 3.16. The van der Waals surface area contributed by atoms with E-state index in [-0.39, 0.29) is 11.1 Å². The van der Waals surface area contributed by atoms with Gasteiger partial charge >= 0.3 is 6.03 Å². The van der Waals surface area contributed by atoms with E-state index in [4.69, 9.17) is 34.8 Å². The summed E-state index contributed by atoms with van der Waals surface area (Å²) in [5.41, 5.74) is 1.14. The Hall–Kier alpha value is -1.56. The van der Waals surface area contributed by atoms with Crippen molar-refractivity contribution in [1.29, 1.82) is 0 Å². The number of benzene rings is 1. The van der Waals surface area contributed by atoms with E-state index < -0.39 is 6.03 Å². The molecule has 2 N–H and O–H groups in total. The first-order chi connectivity index (χ1) is 9.44. The number of nitrogens with zero attached hydrogens (tertiary/aromatic N) is 2. The monoisotopic (exact) mass is 330 g/mol. The Kier molecular flexibility index (Phi) is 4.65. The van der Waals surface area contributed by atoms with Crippen LogP contribution in [0.5, 0.6) is 0 Å². The molecular formula is C12H9Cl3N4O. The Balaban J connectivity index is 2.06. The van der Waals surface area contributed by atoms with Crippen LogP contribution in [-0.4, -0.2) is 16.0 Å². The zero-order valence-electron chi connectivity index (χ0n) is 10.2. The lowest BCUT2D eigenvalue weighted by Gasteiger charge is -2.08. The van der Waals surface area contributed by atoms with E-state index in [9.17, 15) is 4.79 Å². The molecule has 0 spiro atoms. The molecule has 104 valence electrons. The molecule has 20 heavy (non-hydrogen) atoms. The van der Waals surface area contributed by atoms with E-state index >= 15 is 0 Å². The van der Waals surface area contributed by atoms with Gasteiger partial charge in [0.15, 0.2) is 0 Å². The second-order valence-electron chi connectivity index (χ2n) is 3.86. The van der Waals surface area contributed by atoms with Crippen molar-refractivity contribution in [2.45, 2.75) is 6.92 Å². The Morgan fingerprint density at radius 2 is 1.80 bits per heavy atom. The van der Waals surface area contributed by atoms with Gasteiger partial charge in [0.1, 0.15) is 5.15 Å². The fraction of sp³-hybridized carbons (Fsp3) is 0.0833. The average Bonchev–Trinajstić information content (AvgIpc) is 2.32. The van der Waals surface area contributed by atoms with Crippen LogP contribution in [0.4, 0.5) is 16.4 Å². The number of rotatable bonds is 2. The molecule has 8 heteroatoms. The van der Waals surface area contributed by atoms with E-state index in [1.165, 1.54) is 6.07 Å². The summed E-state index contributed by atoms with van der Waals surface area (Å²) >= 11 is 17.4. The molecule has 0 aliphatic heterocycles. The summed E-state index contributed by atoms with van der Waals surface area (Å²) in [5.74, 6) is 0.118. The molecule has 0 atom stereocenters. The van der Waals surface area contributed by atoms with Crippen LogP contribution < -0.4 is 10.6 Å². The van der Waals surface area contributed by atoms with Crippen molar-refractivity contribution in [3.63, 3.8) is 0 Å². The first kappa shape index (κ1) is 14.8. The van der Waals surface area contributed by atoms with E-state index in [1.807, 2.05) is 0 Å². The molecule has 0 aliphatic carbocycles. The van der Waals surface area contributed by atoms with Crippen molar-refractivity contribution < 1.29 is 4.79 Å². The molecule has 0 aliphatic rings. The number of hydrogen-bond donors (Lipinski definition) is 2. The minimum absolute atomic E-state index is 0.118. The number of carbonyl (C=O) groups is 1. The van der Waals surface area contributed by atoms with Gasteiger partial charge in [-0.15, -0.1) is 0 Å². The van der Waals surface area contributed by atoms with Gasteiger partial charge in [-0.1, -0.05) is 34.8 Å². The van der Waals surface area contributed by atoms with Crippen LogP contribution in [0.3, 0.4) is 0 Å². The topological polar surface area (TPSA) is 66.9 Å². The van der Waals surface area contributed by atoms with E-state index in [0.29, 0.717) is 21.4 Å². The van der Waals surface area contributed by atoms with Gasteiger partial charge in [0.05, 0.1) is 10.0 Å². The van der Waals surface area contributed by atoms with Crippen LogP contribution in [0, 0.1) is 6.92 Å². The normalized spacial score (nSPS) is 10.2. The molecule has 0 fully saturated rings. The summed E-state index contributed by atoms with van der Waals surface area (Å²) in [6.45, 7) is 1.75. The van der Waals surface area contributed by atoms with E-state index in [1.54, 1.807) is 25.1 Å². The fourth-order valence-corrected chi connectivity index (χ4v) is 1.96. The molecule has 1 aromatic heterocycles. The van der Waals surface area contributed by atoms with Crippen LogP contribution >= 0.6 is 34.8 Å². The summed E-state index contributed by atoms with van der Waals surface area (Å²) in [6.07, 6.45) is 0. The zero-order chi connectivity index (χ0) is 14.7. The molecule has 0 bridgehead atoms. The van der Waals surface area contributed by atoms with Gasteiger partial charge in [-0.3, -0.25) is 5.32 Å². The van der Waals surface area contributed by atoms with Gasteiger partial charge in [0.2, 0.25) is 5.95 Å². The Bertz CT molecular complexity index is 643. The first-order valence-electron chi connectivity index (χ1n) is 5.48. The lowest BCUT2D eigenvalue weighted by molar-refractivity contribution is 0.262. The molecule has 0 saturated carbocycles. The summed E-state index contributed by atoms with van der Waals surface area (Å²) in [6, 6.07) is 5.82. The van der Waals surface area contributed by atoms with Crippen LogP contribution in [0.1, 0.15) is 5.69 Å². The molecular weight excluding hydrogens is 323 g/mol. The van der Waals surface area contributed by atoms with E-state index in [0.717, 1.165) is 0 Å². The number of nitrogens with one attached hydrogen (secondary N) is 2. The van der Waals surface area contributed by atoms with Gasteiger partial charge in [0, 0.05) is 11.4 Å². The number of carbonyl (C=O) groups excluding carboxylic acids is 1. The van der Waals surface area contributed by atoms with Gasteiger partial charge in [0.25, 0.3) is 0 Å². The van der Waals surface area contributed by atoms with Crippen LogP contribution in [-0.2, 0) is 0 Å². The standard InChI is InChI=1S/C12H9Cl3N4O/c1-6-4-10(15)18-11(16-6)19-12(20)17-7-2-3-8(13)9(14)5-7/h2-5H,1H3,(H2,16,17,18,19,20). The fourth-order valence-electron chi connectivity index (χ4n) is 1.42. The summed E-state index contributed by atoms with van der Waals surface area (Å²) in [5, 5.41) is 6.06. The molecule has 2 rings (SSSR count). The summed E-state index contributed by atoms with van der Waals surface area (Å²) in [7, 11) is 0. The largest absolute Gasteiger partial charge is 0.326 e. The average molecular weight is 332 g/mol. The van der Waals surface area contributed by atoms with Crippen molar-refractivity contribution >= 4 is 52.5 Å². The maximum atomic E-state index is 11.8. The molecule has 1 heterocycles. The van der Waals surface area contributed by atoms with Crippen molar-refractivity contribution in [2.24, 2.45) is 0 Å². The van der Waals surface area contributed by atoms with Gasteiger partial charge in [-0.25, -0.2) is 14.8 Å². The van der Waals surface area contributed by atoms with Crippen molar-refractivity contribution in [1.82, 2.24) is 9.97 Å². The maximum Gasteiger partial charge on any atom is 0.326 e. The van der Waals surface area contributed by atoms with Crippen LogP contribution in [0.25, 0.3) is 0 Å². The Morgan fingerprint density at radius 3 is 2.45 bits per heavy atom. The highest BCUT2D eigenvalue weighted by molar-refractivity contribution is 6.42. The maximum absolute atomic E-state index is 11.8. The third kappa shape index (κ3) is 3.96. The zero-order valence-corrected chi connectivity index (χ0v) is 12.5. The molecule has 1 aromatic carbocycles. The number of amides is 2. The predicted molar refractivity (Wildman–Crippen MR) is 80.9 cm³/mol. The Morgan fingerprint density at radius 1 is 1.05 bits per heavy atom. The van der Waals surface area contributed by atoms with Crippen molar-refractivity contribution in [2.75, 3.05) is 10.6 Å². The quantitative estimate of drug-likeness (QED) is 0.802. The number of aromatic nitrogens is 2. The molecule has 2 amide bonds. The van der Waals surface area contributed by atoms with E-state index in [2.05, 4.69) is 20.6 Å². The van der Waals surface area contributed by atoms with Crippen LogP contribution in [0.2, 0.25) is 15.2 Å². The predicted octanol–water partition coefficient (Wildman–Crippen LogP) is 4.39. The van der Waals surface area contributed by atoms with Gasteiger partial charge in [-0.05, 0) is 31.2 Å². The number of anilines is 2. The van der Waals surface area contributed by atoms with Crippen LogP contribution in [0.15, 0.2) is 24.3 Å². The highest BCUT2D eigenvalue weighted by Crippen LogP contribution is 2.25. The molecule has 2 aromatic rings. The second kappa shape index (κ2) is 6.26. The van der Waals surface area contributed by atoms with Crippen molar-refractivity contribution in [3.05, 3.63) is 45.2 Å².